The number of rotatable bonds is 6. The molecular weight excluding hydrogens is 370 g/mol. The lowest BCUT2D eigenvalue weighted by molar-refractivity contribution is -0.121. The third-order valence-electron chi connectivity index (χ3n) is 3.91. The summed E-state index contributed by atoms with van der Waals surface area (Å²) in [5, 5.41) is 15.8. The van der Waals surface area contributed by atoms with Crippen molar-refractivity contribution in [2.45, 2.75) is 17.9 Å². The quantitative estimate of drug-likeness (QED) is 0.601. The molecule has 0 atom stereocenters. The summed E-state index contributed by atoms with van der Waals surface area (Å²) >= 11 is 0. The third-order valence-corrected chi connectivity index (χ3v) is 4.84. The second-order valence-electron chi connectivity index (χ2n) is 5.86. The van der Waals surface area contributed by atoms with E-state index in [0.29, 0.717) is 23.9 Å². The molecule has 140 valence electrons. The van der Waals surface area contributed by atoms with Crippen molar-refractivity contribution in [3.63, 3.8) is 0 Å². The Balaban J connectivity index is 1.57. The summed E-state index contributed by atoms with van der Waals surface area (Å²) in [6, 6.07) is 12.9. The van der Waals surface area contributed by atoms with Crippen molar-refractivity contribution < 1.29 is 13.2 Å². The van der Waals surface area contributed by atoms with Crippen molar-refractivity contribution >= 4 is 26.8 Å². The molecule has 0 saturated heterocycles. The minimum Gasteiger partial charge on any atom is -0.354 e. The van der Waals surface area contributed by atoms with Gasteiger partial charge in [0.1, 0.15) is 12.1 Å². The lowest BCUT2D eigenvalue weighted by atomic mass is 10.1. The highest BCUT2D eigenvalue weighted by Crippen LogP contribution is 2.09. The van der Waals surface area contributed by atoms with Gasteiger partial charge in [-0.2, -0.15) is 0 Å². The Morgan fingerprint density at radius 2 is 1.81 bits per heavy atom. The number of sulfonamides is 1. The molecule has 0 unspecified atom stereocenters. The van der Waals surface area contributed by atoms with E-state index in [-0.39, 0.29) is 22.9 Å². The number of hydrogen-bond donors (Lipinski definition) is 2. The molecule has 3 N–H and O–H groups in total. The van der Waals surface area contributed by atoms with Gasteiger partial charge in [0.25, 0.3) is 5.56 Å². The molecule has 3 rings (SSSR count). The predicted molar refractivity (Wildman–Crippen MR) is 98.3 cm³/mol. The molecular formula is C17H17N5O4S. The predicted octanol–water partition coefficient (Wildman–Crippen LogP) is -0.202. The second-order valence-corrected chi connectivity index (χ2v) is 7.42. The van der Waals surface area contributed by atoms with E-state index in [0.717, 1.165) is 10.2 Å². The highest BCUT2D eigenvalue weighted by atomic mass is 32.2. The maximum atomic E-state index is 12.3. The van der Waals surface area contributed by atoms with Crippen LogP contribution in [-0.2, 0) is 27.8 Å². The van der Waals surface area contributed by atoms with Crippen LogP contribution in [0.4, 0.5) is 0 Å². The zero-order valence-electron chi connectivity index (χ0n) is 14.2. The number of aromatic nitrogens is 3. The normalized spacial score (nSPS) is 11.4. The van der Waals surface area contributed by atoms with Gasteiger partial charge in [-0.1, -0.05) is 29.5 Å². The van der Waals surface area contributed by atoms with Gasteiger partial charge in [-0.25, -0.2) is 18.2 Å². The van der Waals surface area contributed by atoms with Crippen LogP contribution in [0.3, 0.4) is 0 Å². The minimum atomic E-state index is -3.72. The van der Waals surface area contributed by atoms with Crippen molar-refractivity contribution in [1.82, 2.24) is 20.3 Å². The van der Waals surface area contributed by atoms with E-state index in [9.17, 15) is 18.0 Å². The molecule has 1 amide bonds. The highest BCUT2D eigenvalue weighted by Gasteiger charge is 2.10. The number of carbonyl (C=O) groups excluding carboxylic acids is 1. The molecule has 0 fully saturated rings. The first-order chi connectivity index (χ1) is 12.8. The van der Waals surface area contributed by atoms with Crippen LogP contribution in [0, 0.1) is 0 Å². The van der Waals surface area contributed by atoms with Crippen LogP contribution in [-0.4, -0.2) is 35.9 Å². The number of nitrogens with two attached hydrogens (primary N) is 1. The molecule has 0 spiro atoms. The van der Waals surface area contributed by atoms with Gasteiger partial charge in [0.15, 0.2) is 0 Å². The van der Waals surface area contributed by atoms with Gasteiger partial charge < -0.3 is 5.32 Å². The Kier molecular flexibility index (Phi) is 5.28. The van der Waals surface area contributed by atoms with Gasteiger partial charge in [0.05, 0.1) is 10.3 Å². The lowest BCUT2D eigenvalue weighted by Crippen LogP contribution is -2.35. The van der Waals surface area contributed by atoms with Crippen molar-refractivity contribution in [3.05, 3.63) is 64.4 Å². The number of nitrogens with one attached hydrogen (secondary N) is 1. The van der Waals surface area contributed by atoms with Gasteiger partial charge >= 0.3 is 0 Å². The van der Waals surface area contributed by atoms with Crippen molar-refractivity contribution in [2.24, 2.45) is 5.14 Å². The molecule has 0 bridgehead atoms. The van der Waals surface area contributed by atoms with Crippen molar-refractivity contribution in [2.75, 3.05) is 6.54 Å². The number of primary sulfonamides is 1. The molecule has 1 aromatic heterocycles. The van der Waals surface area contributed by atoms with Crippen molar-refractivity contribution in [1.29, 1.82) is 0 Å². The van der Waals surface area contributed by atoms with Crippen LogP contribution in [0.25, 0.3) is 10.9 Å². The minimum absolute atomic E-state index is 0.0320. The Morgan fingerprint density at radius 1 is 1.11 bits per heavy atom. The van der Waals surface area contributed by atoms with E-state index in [1.807, 2.05) is 0 Å². The molecule has 0 aliphatic carbocycles. The van der Waals surface area contributed by atoms with Gasteiger partial charge in [0, 0.05) is 6.54 Å². The molecule has 0 radical (unpaired) electrons. The van der Waals surface area contributed by atoms with E-state index in [1.165, 1.54) is 12.1 Å². The van der Waals surface area contributed by atoms with Crippen LogP contribution < -0.4 is 16.0 Å². The summed E-state index contributed by atoms with van der Waals surface area (Å²) < 4.78 is 23.4. The summed E-state index contributed by atoms with van der Waals surface area (Å²) in [4.78, 5) is 24.4. The number of amides is 1. The molecule has 2 aromatic carbocycles. The summed E-state index contributed by atoms with van der Waals surface area (Å²) in [5.74, 6) is -0.372. The molecule has 9 nitrogen and oxygen atoms in total. The van der Waals surface area contributed by atoms with Crippen LogP contribution in [0.5, 0.6) is 0 Å². The maximum absolute atomic E-state index is 12.3. The molecule has 0 saturated carbocycles. The number of carbonyl (C=O) groups is 1. The first-order valence-corrected chi connectivity index (χ1v) is 9.60. The summed E-state index contributed by atoms with van der Waals surface area (Å²) in [5.41, 5.74) is 0.932. The van der Waals surface area contributed by atoms with E-state index in [2.05, 4.69) is 15.6 Å². The molecule has 27 heavy (non-hydrogen) atoms. The van der Waals surface area contributed by atoms with E-state index in [4.69, 9.17) is 5.14 Å². The molecule has 0 aliphatic heterocycles. The van der Waals surface area contributed by atoms with Gasteiger partial charge in [0.2, 0.25) is 15.9 Å². The first kappa shape index (κ1) is 18.7. The Bertz CT molecular complexity index is 1140. The largest absolute Gasteiger partial charge is 0.354 e. The topological polar surface area (TPSA) is 137 Å². The number of nitrogens with zero attached hydrogens (tertiary/aromatic N) is 3. The Morgan fingerprint density at radius 3 is 2.52 bits per heavy atom. The van der Waals surface area contributed by atoms with E-state index in [1.54, 1.807) is 36.4 Å². The smallest absolute Gasteiger partial charge is 0.278 e. The van der Waals surface area contributed by atoms with Gasteiger partial charge in [-0.05, 0) is 36.2 Å². The lowest BCUT2D eigenvalue weighted by Gasteiger charge is -2.07. The van der Waals surface area contributed by atoms with E-state index >= 15 is 0 Å². The average molecular weight is 387 g/mol. The zero-order chi connectivity index (χ0) is 19.4. The fourth-order valence-electron chi connectivity index (χ4n) is 2.51. The van der Waals surface area contributed by atoms with Gasteiger partial charge in [-0.15, -0.1) is 5.10 Å². The average Bonchev–Trinajstić information content (AvgIpc) is 2.64. The molecule has 0 aliphatic rings. The number of benzene rings is 2. The Hall–Kier alpha value is -3.11. The summed E-state index contributed by atoms with van der Waals surface area (Å²) in [7, 11) is -3.72. The van der Waals surface area contributed by atoms with Crippen LogP contribution in [0.15, 0.2) is 58.2 Å². The Labute approximate surface area is 154 Å². The maximum Gasteiger partial charge on any atom is 0.278 e. The SMILES string of the molecule is NS(=O)(=O)c1ccc(CCNC(=O)Cn2nnc3ccccc3c2=O)cc1. The summed E-state index contributed by atoms with van der Waals surface area (Å²) in [6.45, 7) is 0.0876. The van der Waals surface area contributed by atoms with Gasteiger partial charge in [-0.3, -0.25) is 9.59 Å². The molecule has 1 heterocycles. The second kappa shape index (κ2) is 7.64. The standard InChI is InChI=1S/C17H17N5O4S/c18-27(25,26)13-7-5-12(6-8-13)9-10-19-16(23)11-22-17(24)14-3-1-2-4-15(14)20-21-22/h1-8H,9-11H2,(H,19,23)(H2,18,25,26). The third kappa shape index (κ3) is 4.54. The zero-order valence-corrected chi connectivity index (χ0v) is 15.0. The van der Waals surface area contributed by atoms with Crippen LogP contribution in [0.1, 0.15) is 5.56 Å². The van der Waals surface area contributed by atoms with E-state index < -0.39 is 10.0 Å². The molecule has 3 aromatic rings. The number of fused-ring (bicyclic) bond motifs is 1. The number of hydrogen-bond acceptors (Lipinski definition) is 6. The monoisotopic (exact) mass is 387 g/mol. The summed E-state index contributed by atoms with van der Waals surface area (Å²) in [6.07, 6.45) is 0.495. The van der Waals surface area contributed by atoms with Crippen molar-refractivity contribution in [3.8, 4) is 0 Å². The van der Waals surface area contributed by atoms with Crippen LogP contribution in [0.2, 0.25) is 0 Å². The fourth-order valence-corrected chi connectivity index (χ4v) is 3.03. The molecule has 10 heteroatoms. The first-order valence-electron chi connectivity index (χ1n) is 8.05. The highest BCUT2D eigenvalue weighted by molar-refractivity contribution is 7.89. The van der Waals surface area contributed by atoms with Crippen LogP contribution >= 0.6 is 0 Å². The fraction of sp³-hybridized carbons (Fsp3) is 0.176.